The maximum atomic E-state index is 9.61. The van der Waals surface area contributed by atoms with Gasteiger partial charge in [-0.2, -0.15) is 0 Å². The minimum absolute atomic E-state index is 0.115. The lowest BCUT2D eigenvalue weighted by Crippen LogP contribution is -2.35. The predicted octanol–water partition coefficient (Wildman–Crippen LogP) is 2.65. The Labute approximate surface area is 131 Å². The number of aliphatic hydroxyl groups excluding tert-OH is 1. The monoisotopic (exact) mass is 297 g/mol. The van der Waals surface area contributed by atoms with Crippen LogP contribution in [0, 0.1) is 0 Å². The highest BCUT2D eigenvalue weighted by atomic mass is 16.3. The smallest absolute Gasteiger partial charge is 0.0564 e. The minimum atomic E-state index is -0.115. The lowest BCUT2D eigenvalue weighted by Gasteiger charge is -2.30. The first kappa shape index (κ1) is 15.0. The number of aromatic nitrogens is 1. The van der Waals surface area contributed by atoms with Gasteiger partial charge in [-0.3, -0.25) is 9.88 Å². The van der Waals surface area contributed by atoms with E-state index in [1.807, 2.05) is 24.5 Å². The van der Waals surface area contributed by atoms with E-state index >= 15 is 0 Å². The number of hydrogen-bond donors (Lipinski definition) is 2. The summed E-state index contributed by atoms with van der Waals surface area (Å²) in [6.45, 7) is 3.68. The molecule has 1 fully saturated rings. The van der Waals surface area contributed by atoms with E-state index in [1.54, 1.807) is 0 Å². The molecule has 0 bridgehead atoms. The first-order valence-corrected chi connectivity index (χ1v) is 7.92. The van der Waals surface area contributed by atoms with Gasteiger partial charge < -0.3 is 10.4 Å². The summed E-state index contributed by atoms with van der Waals surface area (Å²) in [5.74, 6) is 0. The molecule has 0 amide bonds. The molecule has 4 heteroatoms. The van der Waals surface area contributed by atoms with E-state index in [0.717, 1.165) is 39.0 Å². The van der Waals surface area contributed by atoms with E-state index in [0.29, 0.717) is 0 Å². The second-order valence-corrected chi connectivity index (χ2v) is 5.87. The molecule has 4 nitrogen and oxygen atoms in total. The second kappa shape index (κ2) is 7.38. The van der Waals surface area contributed by atoms with Gasteiger partial charge in [0.1, 0.15) is 0 Å². The standard InChI is InChI=1S/C18H23N3O/c22-17-7-11-21(12-8-17)14-16-3-1-2-4-18(16)20-13-15-5-9-19-10-6-15/h1-6,9-10,17,20,22H,7-8,11-14H2. The van der Waals surface area contributed by atoms with E-state index < -0.39 is 0 Å². The van der Waals surface area contributed by atoms with Gasteiger partial charge in [0.15, 0.2) is 0 Å². The summed E-state index contributed by atoms with van der Waals surface area (Å²) in [6, 6.07) is 12.5. The summed E-state index contributed by atoms with van der Waals surface area (Å²) < 4.78 is 0. The molecule has 3 rings (SSSR count). The van der Waals surface area contributed by atoms with Crippen LogP contribution in [0.1, 0.15) is 24.0 Å². The zero-order valence-electron chi connectivity index (χ0n) is 12.8. The average molecular weight is 297 g/mol. The second-order valence-electron chi connectivity index (χ2n) is 5.87. The van der Waals surface area contributed by atoms with Crippen LogP contribution in [0.3, 0.4) is 0 Å². The number of para-hydroxylation sites is 1. The minimum Gasteiger partial charge on any atom is -0.393 e. The normalized spacial score (nSPS) is 16.6. The lowest BCUT2D eigenvalue weighted by molar-refractivity contribution is 0.0793. The third kappa shape index (κ3) is 4.06. The Kier molecular flexibility index (Phi) is 5.03. The van der Waals surface area contributed by atoms with Crippen molar-refractivity contribution in [3.05, 3.63) is 59.9 Å². The number of rotatable bonds is 5. The number of hydrogen-bond acceptors (Lipinski definition) is 4. The first-order valence-electron chi connectivity index (χ1n) is 7.92. The maximum absolute atomic E-state index is 9.61. The van der Waals surface area contributed by atoms with E-state index in [4.69, 9.17) is 0 Å². The number of anilines is 1. The fourth-order valence-electron chi connectivity index (χ4n) is 2.85. The largest absolute Gasteiger partial charge is 0.393 e. The number of likely N-dealkylation sites (tertiary alicyclic amines) is 1. The first-order chi connectivity index (χ1) is 10.8. The Morgan fingerprint density at radius 1 is 1.09 bits per heavy atom. The molecule has 22 heavy (non-hydrogen) atoms. The highest BCUT2D eigenvalue weighted by Crippen LogP contribution is 2.20. The van der Waals surface area contributed by atoms with Crippen molar-refractivity contribution < 1.29 is 5.11 Å². The maximum Gasteiger partial charge on any atom is 0.0564 e. The number of nitrogens with one attached hydrogen (secondary N) is 1. The molecule has 0 aliphatic carbocycles. The molecule has 0 spiro atoms. The lowest BCUT2D eigenvalue weighted by atomic mass is 10.1. The third-order valence-corrected chi connectivity index (χ3v) is 4.20. The van der Waals surface area contributed by atoms with Gasteiger partial charge in [0, 0.05) is 44.3 Å². The van der Waals surface area contributed by atoms with Gasteiger partial charge in [-0.1, -0.05) is 18.2 Å². The van der Waals surface area contributed by atoms with Gasteiger partial charge in [-0.25, -0.2) is 0 Å². The Morgan fingerprint density at radius 2 is 1.82 bits per heavy atom. The van der Waals surface area contributed by atoms with Crippen molar-refractivity contribution in [2.24, 2.45) is 0 Å². The highest BCUT2D eigenvalue weighted by Gasteiger charge is 2.17. The molecule has 0 unspecified atom stereocenters. The number of pyridine rings is 1. The molecule has 1 aromatic heterocycles. The molecule has 0 atom stereocenters. The zero-order chi connectivity index (χ0) is 15.2. The van der Waals surface area contributed by atoms with Gasteiger partial charge in [0.05, 0.1) is 6.10 Å². The Balaban J connectivity index is 1.62. The number of benzene rings is 1. The van der Waals surface area contributed by atoms with Crippen LogP contribution < -0.4 is 5.32 Å². The van der Waals surface area contributed by atoms with Crippen LogP contribution in [0.2, 0.25) is 0 Å². The van der Waals surface area contributed by atoms with Crippen LogP contribution in [-0.4, -0.2) is 34.2 Å². The fraction of sp³-hybridized carbons (Fsp3) is 0.389. The van der Waals surface area contributed by atoms with E-state index in [9.17, 15) is 5.11 Å². The summed E-state index contributed by atoms with van der Waals surface area (Å²) in [6.07, 6.45) is 5.29. The molecule has 1 saturated heterocycles. The van der Waals surface area contributed by atoms with Crippen molar-refractivity contribution in [1.29, 1.82) is 0 Å². The molecule has 1 aliphatic heterocycles. The van der Waals surface area contributed by atoms with Crippen molar-refractivity contribution in [2.75, 3.05) is 18.4 Å². The molecule has 1 aliphatic rings. The summed E-state index contributed by atoms with van der Waals surface area (Å²) in [4.78, 5) is 6.46. The molecule has 0 saturated carbocycles. The molecule has 2 N–H and O–H groups in total. The highest BCUT2D eigenvalue weighted by molar-refractivity contribution is 5.51. The van der Waals surface area contributed by atoms with Crippen molar-refractivity contribution in [1.82, 2.24) is 9.88 Å². The SMILES string of the molecule is OC1CCN(Cc2ccccc2NCc2ccncc2)CC1. The van der Waals surface area contributed by atoms with Crippen molar-refractivity contribution in [3.63, 3.8) is 0 Å². The zero-order valence-corrected chi connectivity index (χ0v) is 12.8. The number of nitrogens with zero attached hydrogens (tertiary/aromatic N) is 2. The summed E-state index contributed by atoms with van der Waals surface area (Å²) in [7, 11) is 0. The van der Waals surface area contributed by atoms with E-state index in [-0.39, 0.29) is 6.10 Å². The van der Waals surface area contributed by atoms with Gasteiger partial charge in [0.2, 0.25) is 0 Å². The fourth-order valence-corrected chi connectivity index (χ4v) is 2.85. The van der Waals surface area contributed by atoms with E-state index in [2.05, 4.69) is 39.5 Å². The number of aliphatic hydroxyl groups is 1. The van der Waals surface area contributed by atoms with E-state index in [1.165, 1.54) is 16.8 Å². The predicted molar refractivity (Wildman–Crippen MR) is 88.5 cm³/mol. The van der Waals surface area contributed by atoms with Crippen molar-refractivity contribution in [2.45, 2.75) is 32.0 Å². The van der Waals surface area contributed by atoms with Gasteiger partial charge >= 0.3 is 0 Å². The van der Waals surface area contributed by atoms with Gasteiger partial charge in [-0.05, 0) is 42.2 Å². The Hall–Kier alpha value is -1.91. The average Bonchev–Trinajstić information content (AvgIpc) is 2.57. The van der Waals surface area contributed by atoms with Crippen LogP contribution in [0.5, 0.6) is 0 Å². The molecule has 1 aromatic carbocycles. The Morgan fingerprint density at radius 3 is 2.59 bits per heavy atom. The molecule has 2 aromatic rings. The molecular formula is C18H23N3O. The summed E-state index contributed by atoms with van der Waals surface area (Å²) >= 11 is 0. The molecule has 2 heterocycles. The topological polar surface area (TPSA) is 48.4 Å². The quantitative estimate of drug-likeness (QED) is 0.891. The molecule has 116 valence electrons. The van der Waals surface area contributed by atoms with Gasteiger partial charge in [0.25, 0.3) is 0 Å². The van der Waals surface area contributed by atoms with Crippen molar-refractivity contribution >= 4 is 5.69 Å². The van der Waals surface area contributed by atoms with Gasteiger partial charge in [-0.15, -0.1) is 0 Å². The third-order valence-electron chi connectivity index (χ3n) is 4.20. The van der Waals surface area contributed by atoms with Crippen molar-refractivity contribution in [3.8, 4) is 0 Å². The van der Waals surface area contributed by atoms with Crippen LogP contribution in [0.4, 0.5) is 5.69 Å². The van der Waals surface area contributed by atoms with Crippen LogP contribution in [0.15, 0.2) is 48.8 Å². The van der Waals surface area contributed by atoms with Crippen LogP contribution >= 0.6 is 0 Å². The number of piperidine rings is 1. The molecular weight excluding hydrogens is 274 g/mol. The summed E-state index contributed by atoms with van der Waals surface area (Å²) in [5, 5.41) is 13.1. The summed E-state index contributed by atoms with van der Waals surface area (Å²) in [5.41, 5.74) is 3.73. The van der Waals surface area contributed by atoms with Crippen LogP contribution in [0.25, 0.3) is 0 Å². The molecule has 0 radical (unpaired) electrons. The Bertz CT molecular complexity index is 580. The van der Waals surface area contributed by atoms with Crippen LogP contribution in [-0.2, 0) is 13.1 Å².